The van der Waals surface area contributed by atoms with E-state index in [2.05, 4.69) is 25.3 Å². The Labute approximate surface area is 171 Å². The highest BCUT2D eigenvalue weighted by Crippen LogP contribution is 2.24. The molecule has 1 N–H and O–H groups in total. The van der Waals surface area contributed by atoms with Crippen LogP contribution < -0.4 is 10.2 Å². The number of piperazine rings is 1. The number of halogens is 2. The molecular weight excluding hydrogens is 393 g/mol. The van der Waals surface area contributed by atoms with Crippen LogP contribution >= 0.6 is 24.8 Å². The molecule has 3 rings (SSSR count). The Hall–Kier alpha value is -1.68. The van der Waals surface area contributed by atoms with Crippen LogP contribution in [-0.4, -0.2) is 83.5 Å². The molecule has 2 aromatic rings. The van der Waals surface area contributed by atoms with E-state index in [1.165, 1.54) is 0 Å². The number of ether oxygens (including phenoxy) is 1. The molecule has 27 heavy (non-hydrogen) atoms. The first-order valence-electron chi connectivity index (χ1n) is 8.49. The van der Waals surface area contributed by atoms with Gasteiger partial charge in [0.2, 0.25) is 5.91 Å². The molecule has 0 bridgehead atoms. The summed E-state index contributed by atoms with van der Waals surface area (Å²) in [4.78, 5) is 25.4. The van der Waals surface area contributed by atoms with E-state index in [0.717, 1.165) is 35.8 Å². The molecule has 0 spiro atoms. The van der Waals surface area contributed by atoms with Crippen molar-refractivity contribution in [2.75, 3.05) is 57.9 Å². The Morgan fingerprint density at radius 1 is 1.22 bits per heavy atom. The fourth-order valence-electron chi connectivity index (χ4n) is 3.00. The highest BCUT2D eigenvalue weighted by atomic mass is 35.5. The van der Waals surface area contributed by atoms with Crippen LogP contribution in [0.25, 0.3) is 11.0 Å². The number of aromatic nitrogens is 4. The molecule has 1 amide bonds. The van der Waals surface area contributed by atoms with Crippen LogP contribution in [0.4, 0.5) is 5.82 Å². The van der Waals surface area contributed by atoms with E-state index in [0.29, 0.717) is 32.8 Å². The van der Waals surface area contributed by atoms with Crippen LogP contribution in [0.15, 0.2) is 6.20 Å². The Kier molecular flexibility index (Phi) is 9.17. The van der Waals surface area contributed by atoms with Gasteiger partial charge in [0, 0.05) is 46.9 Å². The smallest absolute Gasteiger partial charge is 0.236 e. The van der Waals surface area contributed by atoms with Gasteiger partial charge >= 0.3 is 0 Å². The van der Waals surface area contributed by atoms with Crippen molar-refractivity contribution in [3.63, 3.8) is 0 Å². The second-order valence-electron chi connectivity index (χ2n) is 6.14. The minimum atomic E-state index is 0. The summed E-state index contributed by atoms with van der Waals surface area (Å²) >= 11 is 0. The van der Waals surface area contributed by atoms with Crippen molar-refractivity contribution in [1.82, 2.24) is 30.0 Å². The van der Waals surface area contributed by atoms with Gasteiger partial charge in [0.15, 0.2) is 5.65 Å². The number of carbonyl (C=O) groups is 1. The van der Waals surface area contributed by atoms with E-state index in [9.17, 15) is 4.79 Å². The zero-order chi connectivity index (χ0) is 17.8. The largest absolute Gasteiger partial charge is 0.383 e. The van der Waals surface area contributed by atoms with Gasteiger partial charge in [-0.05, 0) is 6.92 Å². The van der Waals surface area contributed by atoms with Gasteiger partial charge in [-0.25, -0.2) is 9.97 Å². The maximum atomic E-state index is 12.2. The third-order valence-electron chi connectivity index (χ3n) is 4.37. The summed E-state index contributed by atoms with van der Waals surface area (Å²) < 4.78 is 6.73. The third-order valence-corrected chi connectivity index (χ3v) is 4.37. The number of methoxy groups -OCH3 is 1. The van der Waals surface area contributed by atoms with Gasteiger partial charge in [-0.15, -0.1) is 24.8 Å². The molecular formula is C16H27Cl2N7O2. The zero-order valence-electron chi connectivity index (χ0n) is 15.8. The monoisotopic (exact) mass is 419 g/mol. The minimum Gasteiger partial charge on any atom is -0.383 e. The van der Waals surface area contributed by atoms with Crippen molar-refractivity contribution < 1.29 is 9.53 Å². The Morgan fingerprint density at radius 3 is 2.59 bits per heavy atom. The van der Waals surface area contributed by atoms with Crippen molar-refractivity contribution in [3.8, 4) is 0 Å². The summed E-state index contributed by atoms with van der Waals surface area (Å²) in [7, 11) is 3.53. The standard InChI is InChI=1S/C16H25N7O2.2ClH/c1-12-19-15-13(10-18-21(15)2)16(20-12)23-7-5-22(6-8-23)14(24)11-17-4-9-25-3;;/h10,17H,4-9,11H2,1-3H3;2*1H. The molecule has 3 heterocycles. The van der Waals surface area contributed by atoms with Gasteiger partial charge in [-0.3, -0.25) is 9.48 Å². The lowest BCUT2D eigenvalue weighted by Crippen LogP contribution is -2.51. The number of hydrogen-bond acceptors (Lipinski definition) is 7. The average molecular weight is 420 g/mol. The fraction of sp³-hybridized carbons (Fsp3) is 0.625. The van der Waals surface area contributed by atoms with Gasteiger partial charge in [0.1, 0.15) is 11.6 Å². The topological polar surface area (TPSA) is 88.4 Å². The summed E-state index contributed by atoms with van der Waals surface area (Å²) in [6.07, 6.45) is 1.81. The van der Waals surface area contributed by atoms with Gasteiger partial charge in [0.05, 0.1) is 24.7 Å². The number of carbonyl (C=O) groups excluding carboxylic acids is 1. The molecule has 9 nitrogen and oxygen atoms in total. The number of anilines is 1. The number of hydrogen-bond donors (Lipinski definition) is 1. The number of nitrogens with zero attached hydrogens (tertiary/aromatic N) is 6. The lowest BCUT2D eigenvalue weighted by atomic mass is 10.2. The Balaban J connectivity index is 0.00000182. The summed E-state index contributed by atoms with van der Waals surface area (Å²) in [6, 6.07) is 0. The number of amides is 1. The molecule has 0 unspecified atom stereocenters. The first-order valence-corrected chi connectivity index (χ1v) is 8.49. The summed E-state index contributed by atoms with van der Waals surface area (Å²) in [6.45, 7) is 6.42. The molecule has 0 radical (unpaired) electrons. The lowest BCUT2D eigenvalue weighted by Gasteiger charge is -2.35. The van der Waals surface area contributed by atoms with E-state index in [4.69, 9.17) is 4.74 Å². The van der Waals surface area contributed by atoms with Crippen LogP contribution in [0.2, 0.25) is 0 Å². The summed E-state index contributed by atoms with van der Waals surface area (Å²) in [5, 5.41) is 8.34. The number of nitrogens with one attached hydrogen (secondary N) is 1. The van der Waals surface area contributed by atoms with Gasteiger partial charge < -0.3 is 19.9 Å². The maximum Gasteiger partial charge on any atom is 0.236 e. The molecule has 0 atom stereocenters. The van der Waals surface area contributed by atoms with Crippen LogP contribution in [0.1, 0.15) is 5.82 Å². The minimum absolute atomic E-state index is 0. The van der Waals surface area contributed by atoms with E-state index in [1.807, 2.05) is 18.9 Å². The molecule has 1 saturated heterocycles. The van der Waals surface area contributed by atoms with E-state index >= 15 is 0 Å². The molecule has 2 aromatic heterocycles. The van der Waals surface area contributed by atoms with Crippen molar-refractivity contribution in [1.29, 1.82) is 0 Å². The molecule has 0 aromatic carbocycles. The van der Waals surface area contributed by atoms with Crippen molar-refractivity contribution in [2.24, 2.45) is 7.05 Å². The normalized spacial score (nSPS) is 14.0. The highest BCUT2D eigenvalue weighted by Gasteiger charge is 2.24. The Morgan fingerprint density at radius 2 is 1.93 bits per heavy atom. The summed E-state index contributed by atoms with van der Waals surface area (Å²) in [5.74, 6) is 1.76. The fourth-order valence-corrected chi connectivity index (χ4v) is 3.00. The van der Waals surface area contributed by atoms with Crippen LogP contribution in [-0.2, 0) is 16.6 Å². The highest BCUT2D eigenvalue weighted by molar-refractivity contribution is 5.87. The first kappa shape index (κ1) is 23.4. The average Bonchev–Trinajstić information content (AvgIpc) is 2.99. The van der Waals surface area contributed by atoms with Crippen molar-refractivity contribution >= 4 is 47.6 Å². The van der Waals surface area contributed by atoms with Crippen LogP contribution in [0.5, 0.6) is 0 Å². The predicted octanol–water partition coefficient (Wildman–Crippen LogP) is 0.400. The second-order valence-corrected chi connectivity index (χ2v) is 6.14. The van der Waals surface area contributed by atoms with Crippen LogP contribution in [0.3, 0.4) is 0 Å². The van der Waals surface area contributed by atoms with E-state index in [-0.39, 0.29) is 30.7 Å². The van der Waals surface area contributed by atoms with E-state index < -0.39 is 0 Å². The van der Waals surface area contributed by atoms with Gasteiger partial charge in [-0.2, -0.15) is 5.10 Å². The third kappa shape index (κ3) is 5.41. The predicted molar refractivity (Wildman–Crippen MR) is 109 cm³/mol. The molecule has 1 fully saturated rings. The van der Waals surface area contributed by atoms with Gasteiger partial charge in [0.25, 0.3) is 0 Å². The van der Waals surface area contributed by atoms with Gasteiger partial charge in [-0.1, -0.05) is 0 Å². The molecule has 11 heteroatoms. The van der Waals surface area contributed by atoms with Crippen LogP contribution in [0, 0.1) is 6.92 Å². The SMILES string of the molecule is COCCNCC(=O)N1CCN(c2nc(C)nc3c2cnn3C)CC1.Cl.Cl. The molecule has 0 saturated carbocycles. The number of fused-ring (bicyclic) bond motifs is 1. The zero-order valence-corrected chi connectivity index (χ0v) is 17.5. The molecule has 1 aliphatic heterocycles. The lowest BCUT2D eigenvalue weighted by molar-refractivity contribution is -0.130. The molecule has 1 aliphatic rings. The van der Waals surface area contributed by atoms with Crippen molar-refractivity contribution in [2.45, 2.75) is 6.92 Å². The second kappa shape index (κ2) is 10.6. The molecule has 0 aliphatic carbocycles. The number of aryl methyl sites for hydroxylation is 2. The van der Waals surface area contributed by atoms with Crippen molar-refractivity contribution in [3.05, 3.63) is 12.0 Å². The van der Waals surface area contributed by atoms with E-state index in [1.54, 1.807) is 18.0 Å². The number of rotatable bonds is 6. The summed E-state index contributed by atoms with van der Waals surface area (Å²) in [5.41, 5.74) is 0.836. The Bertz CT molecular complexity index is 748. The molecule has 152 valence electrons. The quantitative estimate of drug-likeness (QED) is 0.677. The maximum absolute atomic E-state index is 12.2. The first-order chi connectivity index (χ1) is 12.1.